The molecule has 1 aliphatic carbocycles. The molecule has 2 rings (SSSR count). The lowest BCUT2D eigenvalue weighted by Crippen LogP contribution is -2.07. The van der Waals surface area contributed by atoms with E-state index in [4.69, 9.17) is 9.84 Å². The third kappa shape index (κ3) is 2.22. The van der Waals surface area contributed by atoms with Crippen molar-refractivity contribution in [3.05, 3.63) is 28.8 Å². The molecule has 0 saturated heterocycles. The summed E-state index contributed by atoms with van der Waals surface area (Å²) in [6.07, 6.45) is 6.62. The second-order valence-corrected chi connectivity index (χ2v) is 4.43. The first-order chi connectivity index (χ1) is 7.86. The van der Waals surface area contributed by atoms with Crippen LogP contribution in [-0.4, -0.2) is 18.8 Å². The summed E-state index contributed by atoms with van der Waals surface area (Å²) >= 11 is 0. The summed E-state index contributed by atoms with van der Waals surface area (Å²) in [4.78, 5) is 0. The lowest BCUT2D eigenvalue weighted by Gasteiger charge is -2.21. The number of hydrogen-bond donors (Lipinski definition) is 1. The first-order valence-electron chi connectivity index (χ1n) is 6.15. The van der Waals surface area contributed by atoms with Crippen molar-refractivity contribution in [2.75, 3.05) is 13.7 Å². The molecule has 2 nitrogen and oxygen atoms in total. The van der Waals surface area contributed by atoms with Gasteiger partial charge in [-0.05, 0) is 55.2 Å². The van der Waals surface area contributed by atoms with E-state index in [-0.39, 0.29) is 6.61 Å². The Kier molecular flexibility index (Phi) is 3.83. The number of benzene rings is 1. The Morgan fingerprint density at radius 1 is 1.25 bits per heavy atom. The monoisotopic (exact) mass is 220 g/mol. The number of ether oxygens (including phenoxy) is 1. The van der Waals surface area contributed by atoms with Crippen LogP contribution in [0.4, 0.5) is 0 Å². The molecular formula is C14H20O2. The van der Waals surface area contributed by atoms with Crippen molar-refractivity contribution in [3.63, 3.8) is 0 Å². The highest BCUT2D eigenvalue weighted by molar-refractivity contribution is 5.47. The van der Waals surface area contributed by atoms with Gasteiger partial charge in [0.25, 0.3) is 0 Å². The highest BCUT2D eigenvalue weighted by Gasteiger charge is 2.16. The number of rotatable bonds is 4. The van der Waals surface area contributed by atoms with Crippen LogP contribution in [0.1, 0.15) is 36.0 Å². The lowest BCUT2D eigenvalue weighted by atomic mass is 9.88. The van der Waals surface area contributed by atoms with E-state index in [2.05, 4.69) is 12.1 Å². The van der Waals surface area contributed by atoms with Gasteiger partial charge in [-0.3, -0.25) is 0 Å². The van der Waals surface area contributed by atoms with E-state index in [0.717, 1.165) is 25.0 Å². The zero-order chi connectivity index (χ0) is 11.4. The quantitative estimate of drug-likeness (QED) is 0.844. The smallest absolute Gasteiger partial charge is 0.125 e. The molecule has 0 spiro atoms. The van der Waals surface area contributed by atoms with Gasteiger partial charge in [0.15, 0.2) is 0 Å². The van der Waals surface area contributed by atoms with Crippen molar-refractivity contribution >= 4 is 0 Å². The van der Waals surface area contributed by atoms with Crippen molar-refractivity contribution < 1.29 is 9.84 Å². The third-order valence-corrected chi connectivity index (χ3v) is 3.37. The molecule has 1 N–H and O–H groups in total. The maximum atomic E-state index is 8.89. The summed E-state index contributed by atoms with van der Waals surface area (Å²) in [5.74, 6) is 1.07. The molecule has 0 atom stereocenters. The second-order valence-electron chi connectivity index (χ2n) is 4.43. The summed E-state index contributed by atoms with van der Waals surface area (Å²) in [5, 5.41) is 8.89. The van der Waals surface area contributed by atoms with E-state index >= 15 is 0 Å². The second kappa shape index (κ2) is 5.35. The van der Waals surface area contributed by atoms with Gasteiger partial charge < -0.3 is 9.84 Å². The van der Waals surface area contributed by atoms with Gasteiger partial charge in [0.2, 0.25) is 0 Å². The molecule has 88 valence electrons. The fourth-order valence-electron chi connectivity index (χ4n) is 2.56. The first-order valence-corrected chi connectivity index (χ1v) is 6.15. The number of methoxy groups -OCH3 is 1. The highest BCUT2D eigenvalue weighted by Crippen LogP contribution is 2.33. The zero-order valence-corrected chi connectivity index (χ0v) is 9.96. The van der Waals surface area contributed by atoms with Crippen molar-refractivity contribution in [2.24, 2.45) is 0 Å². The van der Waals surface area contributed by atoms with Crippen LogP contribution >= 0.6 is 0 Å². The number of fused-ring (bicyclic) bond motifs is 1. The number of aliphatic hydroxyl groups excluding tert-OH is 1. The van der Waals surface area contributed by atoms with Crippen LogP contribution < -0.4 is 4.74 Å². The fourth-order valence-corrected chi connectivity index (χ4v) is 2.56. The van der Waals surface area contributed by atoms with E-state index in [1.807, 2.05) is 0 Å². The minimum atomic E-state index is 0.250. The van der Waals surface area contributed by atoms with Gasteiger partial charge in [-0.15, -0.1) is 0 Å². The Balaban J connectivity index is 2.31. The summed E-state index contributed by atoms with van der Waals surface area (Å²) in [6.45, 7) is 0.250. The average Bonchev–Trinajstić information content (AvgIpc) is 2.35. The van der Waals surface area contributed by atoms with Crippen LogP contribution in [0.25, 0.3) is 0 Å². The summed E-state index contributed by atoms with van der Waals surface area (Å²) in [6, 6.07) is 4.41. The van der Waals surface area contributed by atoms with Crippen molar-refractivity contribution in [2.45, 2.75) is 38.5 Å². The maximum Gasteiger partial charge on any atom is 0.125 e. The Labute approximate surface area is 97.3 Å². The normalized spacial score (nSPS) is 14.6. The van der Waals surface area contributed by atoms with Gasteiger partial charge in [0.05, 0.1) is 7.11 Å². The molecule has 0 amide bonds. The maximum absolute atomic E-state index is 8.89. The molecule has 1 aromatic rings. The molecule has 1 aromatic carbocycles. The molecule has 1 aliphatic rings. The Bertz CT molecular complexity index is 358. The Morgan fingerprint density at radius 2 is 2.06 bits per heavy atom. The van der Waals surface area contributed by atoms with Crippen molar-refractivity contribution in [1.82, 2.24) is 0 Å². The summed E-state index contributed by atoms with van der Waals surface area (Å²) in [5.41, 5.74) is 4.11. The molecule has 0 heterocycles. The van der Waals surface area contributed by atoms with Crippen LogP contribution in [0.3, 0.4) is 0 Å². The lowest BCUT2D eigenvalue weighted by molar-refractivity contribution is 0.287. The van der Waals surface area contributed by atoms with E-state index < -0.39 is 0 Å². The molecule has 0 radical (unpaired) electrons. The SMILES string of the molecule is COc1c(CCCO)ccc2c1CCCC2. The standard InChI is InChI=1S/C14H20O2/c1-16-14-12(6-4-10-15)9-8-11-5-2-3-7-13(11)14/h8-9,15H,2-7,10H2,1H3. The number of aryl methyl sites for hydroxylation is 2. The minimum Gasteiger partial charge on any atom is -0.496 e. The summed E-state index contributed by atoms with van der Waals surface area (Å²) in [7, 11) is 1.76. The Hall–Kier alpha value is -1.02. The topological polar surface area (TPSA) is 29.5 Å². The molecule has 2 heteroatoms. The van der Waals surface area contributed by atoms with Crippen molar-refractivity contribution in [3.8, 4) is 5.75 Å². The largest absolute Gasteiger partial charge is 0.496 e. The van der Waals surface area contributed by atoms with Crippen LogP contribution in [0.2, 0.25) is 0 Å². The molecule has 0 bridgehead atoms. The first kappa shape index (κ1) is 11.5. The molecule has 16 heavy (non-hydrogen) atoms. The predicted molar refractivity (Wildman–Crippen MR) is 65.0 cm³/mol. The Morgan fingerprint density at radius 3 is 2.81 bits per heavy atom. The molecular weight excluding hydrogens is 200 g/mol. The van der Waals surface area contributed by atoms with Gasteiger partial charge in [0, 0.05) is 6.61 Å². The average molecular weight is 220 g/mol. The number of aliphatic hydroxyl groups is 1. The molecule has 0 saturated carbocycles. The van der Waals surface area contributed by atoms with E-state index in [1.165, 1.54) is 36.0 Å². The third-order valence-electron chi connectivity index (χ3n) is 3.37. The van der Waals surface area contributed by atoms with E-state index in [0.29, 0.717) is 0 Å². The molecule has 0 unspecified atom stereocenters. The zero-order valence-electron chi connectivity index (χ0n) is 9.96. The van der Waals surface area contributed by atoms with Gasteiger partial charge in [-0.2, -0.15) is 0 Å². The van der Waals surface area contributed by atoms with Gasteiger partial charge in [-0.25, -0.2) is 0 Å². The minimum absolute atomic E-state index is 0.250. The van der Waals surface area contributed by atoms with Gasteiger partial charge >= 0.3 is 0 Å². The fraction of sp³-hybridized carbons (Fsp3) is 0.571. The highest BCUT2D eigenvalue weighted by atomic mass is 16.5. The predicted octanol–water partition coefficient (Wildman–Crippen LogP) is 2.50. The summed E-state index contributed by atoms with van der Waals surface area (Å²) < 4.78 is 5.56. The van der Waals surface area contributed by atoms with Crippen molar-refractivity contribution in [1.29, 1.82) is 0 Å². The molecule has 0 aromatic heterocycles. The van der Waals surface area contributed by atoms with Crippen LogP contribution in [-0.2, 0) is 19.3 Å². The van der Waals surface area contributed by atoms with Crippen LogP contribution in [0, 0.1) is 0 Å². The molecule has 0 fully saturated rings. The van der Waals surface area contributed by atoms with Crippen LogP contribution in [0.5, 0.6) is 5.75 Å². The number of hydrogen-bond acceptors (Lipinski definition) is 2. The van der Waals surface area contributed by atoms with Gasteiger partial charge in [0.1, 0.15) is 5.75 Å². The van der Waals surface area contributed by atoms with Gasteiger partial charge in [-0.1, -0.05) is 12.1 Å². The van der Waals surface area contributed by atoms with E-state index in [1.54, 1.807) is 7.11 Å². The molecule has 0 aliphatic heterocycles. The van der Waals surface area contributed by atoms with E-state index in [9.17, 15) is 0 Å². The van der Waals surface area contributed by atoms with Crippen LogP contribution in [0.15, 0.2) is 12.1 Å².